The summed E-state index contributed by atoms with van der Waals surface area (Å²) in [6.45, 7) is 11.8. The molecular formula is C13H23NO4Si. The van der Waals surface area contributed by atoms with E-state index in [-0.39, 0.29) is 22.5 Å². The first kappa shape index (κ1) is 15.9. The van der Waals surface area contributed by atoms with Gasteiger partial charge >= 0.3 is 5.97 Å². The summed E-state index contributed by atoms with van der Waals surface area (Å²) in [6.07, 6.45) is 0.0970. The number of rotatable bonds is 4. The van der Waals surface area contributed by atoms with E-state index in [1.54, 1.807) is 0 Å². The number of carbonyl (C=O) groups excluding carboxylic acids is 3. The van der Waals surface area contributed by atoms with Gasteiger partial charge in [0.2, 0.25) is 6.10 Å². The van der Waals surface area contributed by atoms with E-state index in [1.165, 1.54) is 6.92 Å². The van der Waals surface area contributed by atoms with E-state index in [2.05, 4.69) is 39.2 Å². The third-order valence-electron chi connectivity index (χ3n) is 4.49. The third kappa shape index (κ3) is 2.88. The van der Waals surface area contributed by atoms with Gasteiger partial charge in [-0.15, -0.1) is 0 Å². The zero-order valence-electron chi connectivity index (χ0n) is 12.4. The summed E-state index contributed by atoms with van der Waals surface area (Å²) in [5, 5.41) is 2.73. The van der Waals surface area contributed by atoms with Crippen molar-refractivity contribution in [1.82, 2.24) is 5.32 Å². The Morgan fingerprint density at radius 3 is 2.26 bits per heavy atom. The molecule has 0 saturated carbocycles. The highest BCUT2D eigenvalue weighted by molar-refractivity contribution is 6.83. The summed E-state index contributed by atoms with van der Waals surface area (Å²) in [7, 11) is -1.96. The lowest BCUT2D eigenvalue weighted by Gasteiger charge is -2.48. The van der Waals surface area contributed by atoms with Gasteiger partial charge in [-0.3, -0.25) is 9.59 Å². The lowest BCUT2D eigenvalue weighted by Crippen LogP contribution is -2.69. The van der Waals surface area contributed by atoms with Gasteiger partial charge in [0, 0.05) is 12.5 Å². The van der Waals surface area contributed by atoms with Crippen LogP contribution in [0.25, 0.3) is 0 Å². The van der Waals surface area contributed by atoms with Crippen molar-refractivity contribution in [2.24, 2.45) is 0 Å². The average molecular weight is 285 g/mol. The molecule has 6 heteroatoms. The Morgan fingerprint density at radius 2 is 1.95 bits per heavy atom. The monoisotopic (exact) mass is 285 g/mol. The Hall–Kier alpha value is -1.17. The van der Waals surface area contributed by atoms with Gasteiger partial charge in [-0.05, 0) is 5.04 Å². The van der Waals surface area contributed by atoms with E-state index in [0.717, 1.165) is 6.29 Å². The minimum atomic E-state index is -1.96. The summed E-state index contributed by atoms with van der Waals surface area (Å²) in [4.78, 5) is 34.0. The van der Waals surface area contributed by atoms with Crippen molar-refractivity contribution in [1.29, 1.82) is 0 Å². The van der Waals surface area contributed by atoms with Crippen molar-refractivity contribution < 1.29 is 19.1 Å². The molecule has 19 heavy (non-hydrogen) atoms. The van der Waals surface area contributed by atoms with Crippen molar-refractivity contribution in [3.63, 3.8) is 0 Å². The van der Waals surface area contributed by atoms with Crippen LogP contribution in [0.2, 0.25) is 23.7 Å². The fourth-order valence-corrected chi connectivity index (χ4v) is 4.67. The fourth-order valence-electron chi connectivity index (χ4n) is 2.18. The second-order valence-corrected chi connectivity index (χ2v) is 12.3. The largest absolute Gasteiger partial charge is 0.450 e. The van der Waals surface area contributed by atoms with Crippen LogP contribution in [0, 0.1) is 0 Å². The van der Waals surface area contributed by atoms with Crippen molar-refractivity contribution in [2.45, 2.75) is 63.5 Å². The molecule has 5 nitrogen and oxygen atoms in total. The maximum Gasteiger partial charge on any atom is 0.303 e. The van der Waals surface area contributed by atoms with Crippen LogP contribution < -0.4 is 5.32 Å². The second-order valence-electron chi connectivity index (χ2n) is 6.70. The highest BCUT2D eigenvalue weighted by Gasteiger charge is 2.54. The summed E-state index contributed by atoms with van der Waals surface area (Å²) in [5.41, 5.74) is -0.269. The Balaban J connectivity index is 2.96. The van der Waals surface area contributed by atoms with Crippen LogP contribution in [-0.4, -0.2) is 38.4 Å². The summed E-state index contributed by atoms with van der Waals surface area (Å²) >= 11 is 0. The smallest absolute Gasteiger partial charge is 0.303 e. The summed E-state index contributed by atoms with van der Waals surface area (Å²) < 4.78 is 5.01. The molecule has 1 heterocycles. The predicted molar refractivity (Wildman–Crippen MR) is 74.5 cm³/mol. The molecule has 0 spiro atoms. The Bertz CT molecular complexity index is 400. The lowest BCUT2D eigenvalue weighted by atomic mass is 9.98. The minimum absolute atomic E-state index is 0.0136. The number of amides is 1. The standard InChI is InChI=1S/C13H23NO4Si/c1-8(16)18-11-10(14-12(11)17)9(7-15)19(5,6)13(2,3)4/h7,9-11H,1-6H3,(H,14,17)/t9-,10-,11+/m0/s1. The van der Waals surface area contributed by atoms with E-state index in [0.29, 0.717) is 0 Å². The first-order chi connectivity index (χ1) is 8.52. The number of β-lactam (4-membered cyclic amide) rings is 1. The highest BCUT2D eigenvalue weighted by Crippen LogP contribution is 2.45. The van der Waals surface area contributed by atoms with Crippen LogP contribution in [-0.2, 0) is 19.1 Å². The number of esters is 1. The Morgan fingerprint density at radius 1 is 1.42 bits per heavy atom. The zero-order valence-corrected chi connectivity index (χ0v) is 13.4. The van der Waals surface area contributed by atoms with Gasteiger partial charge in [0.05, 0.1) is 14.1 Å². The van der Waals surface area contributed by atoms with E-state index >= 15 is 0 Å². The van der Waals surface area contributed by atoms with Crippen molar-refractivity contribution in [2.75, 3.05) is 0 Å². The molecule has 0 aliphatic carbocycles. The van der Waals surface area contributed by atoms with Gasteiger partial charge in [-0.25, -0.2) is 0 Å². The normalized spacial score (nSPS) is 25.1. The van der Waals surface area contributed by atoms with Gasteiger partial charge in [-0.2, -0.15) is 0 Å². The summed E-state index contributed by atoms with van der Waals surface area (Å²) in [6, 6.07) is -0.380. The number of nitrogens with one attached hydrogen (secondary N) is 1. The van der Waals surface area contributed by atoms with Crippen LogP contribution in [0.4, 0.5) is 0 Å². The first-order valence-electron chi connectivity index (χ1n) is 6.45. The molecule has 1 N–H and O–H groups in total. The van der Waals surface area contributed by atoms with E-state index < -0.39 is 20.1 Å². The third-order valence-corrected chi connectivity index (χ3v) is 10.5. The van der Waals surface area contributed by atoms with Crippen molar-refractivity contribution >= 4 is 26.2 Å². The molecule has 0 radical (unpaired) electrons. The Kier molecular flexibility index (Phi) is 4.24. The van der Waals surface area contributed by atoms with E-state index in [1.807, 2.05) is 0 Å². The van der Waals surface area contributed by atoms with E-state index in [4.69, 9.17) is 4.74 Å². The molecule has 1 aliphatic rings. The number of aldehydes is 1. The number of hydrogen-bond acceptors (Lipinski definition) is 4. The minimum Gasteiger partial charge on any atom is -0.450 e. The quantitative estimate of drug-likeness (QED) is 0.368. The molecule has 108 valence electrons. The van der Waals surface area contributed by atoms with Gasteiger partial charge < -0.3 is 14.8 Å². The molecule has 1 amide bonds. The molecule has 1 rings (SSSR count). The van der Waals surface area contributed by atoms with Crippen LogP contribution in [0.3, 0.4) is 0 Å². The topological polar surface area (TPSA) is 72.5 Å². The maximum absolute atomic E-state index is 11.5. The molecule has 3 atom stereocenters. The average Bonchev–Trinajstić information content (AvgIpc) is 2.24. The lowest BCUT2D eigenvalue weighted by molar-refractivity contribution is -0.164. The maximum atomic E-state index is 11.5. The summed E-state index contributed by atoms with van der Waals surface area (Å²) in [5.74, 6) is -0.810. The van der Waals surface area contributed by atoms with Crippen LogP contribution in [0.15, 0.2) is 0 Å². The molecule has 1 saturated heterocycles. The molecule has 0 aromatic carbocycles. The second kappa shape index (κ2) is 5.07. The molecule has 0 aromatic heterocycles. The molecule has 0 bridgehead atoms. The van der Waals surface area contributed by atoms with Gasteiger partial charge in [-0.1, -0.05) is 33.9 Å². The SMILES string of the molecule is CC(=O)O[C@H]1C(=O)N[C@H]1[C@H](C=O)[Si](C)(C)C(C)(C)C. The van der Waals surface area contributed by atoms with Crippen LogP contribution in [0.5, 0.6) is 0 Å². The predicted octanol–water partition coefficient (Wildman–Crippen LogP) is 1.49. The zero-order chi connectivity index (χ0) is 15.0. The van der Waals surface area contributed by atoms with Crippen molar-refractivity contribution in [3.8, 4) is 0 Å². The fraction of sp³-hybridized carbons (Fsp3) is 0.769. The molecule has 1 aliphatic heterocycles. The number of ether oxygens (including phenoxy) is 1. The van der Waals surface area contributed by atoms with Crippen LogP contribution >= 0.6 is 0 Å². The molecule has 1 fully saturated rings. The number of carbonyl (C=O) groups is 3. The molecule has 0 aromatic rings. The van der Waals surface area contributed by atoms with E-state index in [9.17, 15) is 14.4 Å². The van der Waals surface area contributed by atoms with Crippen LogP contribution in [0.1, 0.15) is 27.7 Å². The highest BCUT2D eigenvalue weighted by atomic mass is 28.3. The first-order valence-corrected chi connectivity index (χ1v) is 9.53. The molecular weight excluding hydrogens is 262 g/mol. The number of hydrogen-bond donors (Lipinski definition) is 1. The Labute approximate surface area is 115 Å². The molecule has 0 unspecified atom stereocenters. The van der Waals surface area contributed by atoms with Gasteiger partial charge in [0.1, 0.15) is 6.29 Å². The van der Waals surface area contributed by atoms with Crippen molar-refractivity contribution in [3.05, 3.63) is 0 Å². The van der Waals surface area contributed by atoms with Gasteiger partial charge in [0.15, 0.2) is 0 Å². The van der Waals surface area contributed by atoms with Gasteiger partial charge in [0.25, 0.3) is 5.91 Å².